The van der Waals surface area contributed by atoms with Gasteiger partial charge in [0.05, 0.1) is 16.3 Å². The molecule has 0 unspecified atom stereocenters. The fourth-order valence-electron chi connectivity index (χ4n) is 1.69. The Bertz CT molecular complexity index is 618. The number of nitrogens with one attached hydrogen (secondary N) is 2. The number of amides is 1. The predicted octanol–water partition coefficient (Wildman–Crippen LogP) is 1.81. The number of sulfonamides is 1. The van der Waals surface area contributed by atoms with E-state index in [2.05, 4.69) is 10.0 Å². The molecule has 0 aromatic heterocycles. The molecular weight excluding hydrogens is 284 g/mol. The molecule has 19 heavy (non-hydrogen) atoms. The van der Waals surface area contributed by atoms with E-state index in [-0.39, 0.29) is 10.8 Å². The Hall–Kier alpha value is -1.05. The van der Waals surface area contributed by atoms with E-state index in [9.17, 15) is 13.2 Å². The van der Waals surface area contributed by atoms with Crippen molar-refractivity contribution in [2.24, 2.45) is 0 Å². The Labute approximate surface area is 117 Å². The van der Waals surface area contributed by atoms with Crippen molar-refractivity contribution < 1.29 is 13.2 Å². The van der Waals surface area contributed by atoms with E-state index in [1.54, 1.807) is 32.9 Å². The Morgan fingerprint density at radius 2 is 2.00 bits per heavy atom. The summed E-state index contributed by atoms with van der Waals surface area (Å²) in [5, 5.41) is 2.68. The molecule has 1 aliphatic rings. The summed E-state index contributed by atoms with van der Waals surface area (Å²) in [6.07, 6.45) is 0. The van der Waals surface area contributed by atoms with Crippen LogP contribution < -0.4 is 10.0 Å². The lowest BCUT2D eigenvalue weighted by atomic mass is 10.1. The summed E-state index contributed by atoms with van der Waals surface area (Å²) >= 11 is 1.40. The van der Waals surface area contributed by atoms with Crippen molar-refractivity contribution in [3.63, 3.8) is 0 Å². The Morgan fingerprint density at radius 3 is 2.63 bits per heavy atom. The summed E-state index contributed by atoms with van der Waals surface area (Å²) in [5.74, 6) is 0.245. The van der Waals surface area contributed by atoms with Crippen LogP contribution in [0.15, 0.2) is 28.0 Å². The average molecular weight is 300 g/mol. The van der Waals surface area contributed by atoms with Gasteiger partial charge in [0.25, 0.3) is 0 Å². The third-order valence-corrected chi connectivity index (χ3v) is 5.16. The number of rotatable bonds is 2. The van der Waals surface area contributed by atoms with E-state index in [4.69, 9.17) is 0 Å². The van der Waals surface area contributed by atoms with Gasteiger partial charge in [-0.1, -0.05) is 0 Å². The van der Waals surface area contributed by atoms with Gasteiger partial charge in [0.15, 0.2) is 0 Å². The third-order valence-electron chi connectivity index (χ3n) is 2.33. The number of anilines is 1. The van der Waals surface area contributed by atoms with Crippen LogP contribution in [0.5, 0.6) is 0 Å². The summed E-state index contributed by atoms with van der Waals surface area (Å²) < 4.78 is 27.0. The van der Waals surface area contributed by atoms with E-state index in [1.165, 1.54) is 17.8 Å². The number of carbonyl (C=O) groups excluding carboxylic acids is 1. The smallest absolute Gasteiger partial charge is 0.241 e. The fourth-order valence-corrected chi connectivity index (χ4v) is 3.92. The van der Waals surface area contributed by atoms with E-state index < -0.39 is 15.6 Å². The quantitative estimate of drug-likeness (QED) is 0.873. The highest BCUT2D eigenvalue weighted by atomic mass is 32.2. The first-order chi connectivity index (χ1) is 8.67. The van der Waals surface area contributed by atoms with Crippen LogP contribution in [0.25, 0.3) is 0 Å². The first kappa shape index (κ1) is 14.4. The van der Waals surface area contributed by atoms with Crippen molar-refractivity contribution in [1.29, 1.82) is 0 Å². The molecular formula is C12H16N2O3S2. The van der Waals surface area contributed by atoms with Crippen LogP contribution in [0.3, 0.4) is 0 Å². The molecule has 1 amide bonds. The van der Waals surface area contributed by atoms with Crippen molar-refractivity contribution in [2.75, 3.05) is 11.1 Å². The molecule has 0 saturated carbocycles. The molecule has 5 nitrogen and oxygen atoms in total. The second-order valence-electron chi connectivity index (χ2n) is 5.35. The van der Waals surface area contributed by atoms with Gasteiger partial charge < -0.3 is 5.32 Å². The van der Waals surface area contributed by atoms with Crippen LogP contribution in [0.4, 0.5) is 5.69 Å². The predicted molar refractivity (Wildman–Crippen MR) is 75.9 cm³/mol. The molecule has 0 radical (unpaired) electrons. The molecule has 1 aromatic rings. The summed E-state index contributed by atoms with van der Waals surface area (Å²) in [5.41, 5.74) is 0.00486. The molecule has 0 atom stereocenters. The minimum Gasteiger partial charge on any atom is -0.324 e. The normalized spacial score (nSPS) is 15.8. The topological polar surface area (TPSA) is 75.3 Å². The molecule has 2 rings (SSSR count). The Balaban J connectivity index is 2.37. The Kier molecular flexibility index (Phi) is 3.63. The number of hydrogen-bond donors (Lipinski definition) is 2. The lowest BCUT2D eigenvalue weighted by Gasteiger charge is -2.22. The second kappa shape index (κ2) is 4.81. The van der Waals surface area contributed by atoms with E-state index in [0.29, 0.717) is 11.4 Å². The molecule has 0 spiro atoms. The van der Waals surface area contributed by atoms with Gasteiger partial charge in [-0.2, -0.15) is 0 Å². The molecule has 0 bridgehead atoms. The Morgan fingerprint density at radius 1 is 1.32 bits per heavy atom. The lowest BCUT2D eigenvalue weighted by molar-refractivity contribution is -0.113. The van der Waals surface area contributed by atoms with Gasteiger partial charge in [0.2, 0.25) is 15.9 Å². The van der Waals surface area contributed by atoms with Crippen LogP contribution >= 0.6 is 11.8 Å². The summed E-state index contributed by atoms with van der Waals surface area (Å²) in [7, 11) is -3.58. The molecule has 0 saturated heterocycles. The molecule has 0 fully saturated rings. The van der Waals surface area contributed by atoms with Gasteiger partial charge in [0.1, 0.15) is 0 Å². The van der Waals surface area contributed by atoms with Gasteiger partial charge >= 0.3 is 0 Å². The van der Waals surface area contributed by atoms with Gasteiger partial charge in [0, 0.05) is 10.4 Å². The zero-order chi connectivity index (χ0) is 14.3. The van der Waals surface area contributed by atoms with E-state index >= 15 is 0 Å². The molecule has 2 N–H and O–H groups in total. The number of benzene rings is 1. The van der Waals surface area contributed by atoms with Crippen molar-refractivity contribution in [1.82, 2.24) is 4.72 Å². The molecule has 1 heterocycles. The number of thioether (sulfide) groups is 1. The monoisotopic (exact) mass is 300 g/mol. The highest BCUT2D eigenvalue weighted by Crippen LogP contribution is 2.33. The zero-order valence-corrected chi connectivity index (χ0v) is 12.6. The van der Waals surface area contributed by atoms with Crippen molar-refractivity contribution in [3.05, 3.63) is 18.2 Å². The molecule has 1 aliphatic heterocycles. The lowest BCUT2D eigenvalue weighted by Crippen LogP contribution is -2.40. The third kappa shape index (κ3) is 3.49. The number of fused-ring (bicyclic) bond motifs is 1. The summed E-state index contributed by atoms with van der Waals surface area (Å²) in [6, 6.07) is 4.77. The first-order valence-corrected chi connectivity index (χ1v) is 8.25. The summed E-state index contributed by atoms with van der Waals surface area (Å²) in [4.78, 5) is 12.4. The maximum atomic E-state index is 12.2. The van der Waals surface area contributed by atoms with Gasteiger partial charge in [-0.3, -0.25) is 4.79 Å². The van der Waals surface area contributed by atoms with Gasteiger partial charge in [-0.15, -0.1) is 11.8 Å². The SMILES string of the molecule is CC(C)(C)NS(=O)(=O)c1ccc2c(c1)NC(=O)CS2. The van der Waals surface area contributed by atoms with Gasteiger partial charge in [-0.05, 0) is 39.0 Å². The van der Waals surface area contributed by atoms with Crippen LogP contribution in [0.2, 0.25) is 0 Å². The van der Waals surface area contributed by atoms with Crippen LogP contribution in [0, 0.1) is 0 Å². The zero-order valence-electron chi connectivity index (χ0n) is 11.0. The maximum Gasteiger partial charge on any atom is 0.241 e. The van der Waals surface area contributed by atoms with E-state index in [0.717, 1.165) is 4.90 Å². The molecule has 104 valence electrons. The van der Waals surface area contributed by atoms with Gasteiger partial charge in [-0.25, -0.2) is 13.1 Å². The number of carbonyl (C=O) groups is 1. The highest BCUT2D eigenvalue weighted by molar-refractivity contribution is 8.00. The average Bonchev–Trinajstić information content (AvgIpc) is 2.24. The van der Waals surface area contributed by atoms with Crippen LogP contribution in [-0.4, -0.2) is 25.6 Å². The largest absolute Gasteiger partial charge is 0.324 e. The fraction of sp³-hybridized carbons (Fsp3) is 0.417. The van der Waals surface area contributed by atoms with Crippen molar-refractivity contribution in [2.45, 2.75) is 36.1 Å². The second-order valence-corrected chi connectivity index (χ2v) is 8.05. The minimum absolute atomic E-state index is 0.115. The minimum atomic E-state index is -3.58. The molecule has 7 heteroatoms. The molecule has 1 aromatic carbocycles. The van der Waals surface area contributed by atoms with Crippen molar-refractivity contribution >= 4 is 33.4 Å². The standard InChI is InChI=1S/C12H16N2O3S2/c1-12(2,3)14-19(16,17)8-4-5-10-9(6-8)13-11(15)7-18-10/h4-6,14H,7H2,1-3H3,(H,13,15). The van der Waals surface area contributed by atoms with Crippen molar-refractivity contribution in [3.8, 4) is 0 Å². The number of hydrogen-bond acceptors (Lipinski definition) is 4. The van der Waals surface area contributed by atoms with Crippen LogP contribution in [-0.2, 0) is 14.8 Å². The van der Waals surface area contributed by atoms with E-state index in [1.807, 2.05) is 0 Å². The summed E-state index contributed by atoms with van der Waals surface area (Å²) in [6.45, 7) is 5.34. The first-order valence-electron chi connectivity index (χ1n) is 5.78. The highest BCUT2D eigenvalue weighted by Gasteiger charge is 2.24. The molecule has 0 aliphatic carbocycles. The van der Waals surface area contributed by atoms with Crippen LogP contribution in [0.1, 0.15) is 20.8 Å². The maximum absolute atomic E-state index is 12.2.